The van der Waals surface area contributed by atoms with Crippen LogP contribution in [0.1, 0.15) is 32.1 Å². The molecule has 1 fully saturated rings. The van der Waals surface area contributed by atoms with Crippen LogP contribution in [-0.2, 0) is 4.79 Å². The van der Waals surface area contributed by atoms with E-state index in [-0.39, 0.29) is 5.91 Å². The minimum absolute atomic E-state index is 0.0119. The largest absolute Gasteiger partial charge is 0.360 e. The average Bonchev–Trinajstić information content (AvgIpc) is 3.29. The second-order valence-electron chi connectivity index (χ2n) is 7.04. The molecule has 0 unspecified atom stereocenters. The predicted molar refractivity (Wildman–Crippen MR) is 108 cm³/mol. The second kappa shape index (κ2) is 7.60. The molecule has 136 valence electrons. The van der Waals surface area contributed by atoms with Crippen molar-refractivity contribution in [2.45, 2.75) is 38.1 Å². The van der Waals surface area contributed by atoms with Gasteiger partial charge in [-0.2, -0.15) is 0 Å². The first kappa shape index (κ1) is 17.2. The van der Waals surface area contributed by atoms with Gasteiger partial charge in [0.05, 0.1) is 12.2 Å². The summed E-state index contributed by atoms with van der Waals surface area (Å²) in [5.74, 6) is 0.0119. The zero-order valence-electron chi connectivity index (χ0n) is 15.0. The van der Waals surface area contributed by atoms with Gasteiger partial charge < -0.3 is 10.3 Å². The first-order chi connectivity index (χ1) is 12.7. The molecule has 2 heterocycles. The van der Waals surface area contributed by atoms with Crippen LogP contribution in [0.25, 0.3) is 22.2 Å². The number of para-hydroxylation sites is 1. The fourth-order valence-corrected chi connectivity index (χ4v) is 4.50. The van der Waals surface area contributed by atoms with Crippen LogP contribution < -0.4 is 5.32 Å². The maximum atomic E-state index is 12.4. The summed E-state index contributed by atoms with van der Waals surface area (Å²) in [5, 5.41) is 6.76. The minimum atomic E-state index is 0.0119. The van der Waals surface area contributed by atoms with Gasteiger partial charge in [0.1, 0.15) is 0 Å². The Morgan fingerprint density at radius 2 is 2.12 bits per heavy atom. The van der Waals surface area contributed by atoms with Gasteiger partial charge in [-0.05, 0) is 26.0 Å². The van der Waals surface area contributed by atoms with Crippen LogP contribution in [0.3, 0.4) is 0 Å². The Bertz CT molecular complexity index is 894. The Kier molecular flexibility index (Phi) is 5.04. The predicted octanol–water partition coefficient (Wildman–Crippen LogP) is 4.49. The molecule has 2 aromatic heterocycles. The van der Waals surface area contributed by atoms with E-state index >= 15 is 0 Å². The molecule has 1 saturated carbocycles. The molecular weight excluding hydrogens is 344 g/mol. The molecule has 0 aliphatic heterocycles. The van der Waals surface area contributed by atoms with Crippen molar-refractivity contribution in [1.29, 1.82) is 0 Å². The van der Waals surface area contributed by atoms with E-state index in [9.17, 15) is 4.79 Å². The molecule has 0 atom stereocenters. The van der Waals surface area contributed by atoms with Crippen LogP contribution in [0.5, 0.6) is 0 Å². The molecule has 6 heteroatoms. The number of fused-ring (bicyclic) bond motifs is 1. The van der Waals surface area contributed by atoms with Gasteiger partial charge in [0, 0.05) is 34.1 Å². The summed E-state index contributed by atoms with van der Waals surface area (Å²) in [6.07, 6.45) is 8.25. The van der Waals surface area contributed by atoms with Crippen LogP contribution in [-0.4, -0.2) is 40.4 Å². The highest BCUT2D eigenvalue weighted by Gasteiger charge is 2.20. The molecule has 1 aromatic carbocycles. The summed E-state index contributed by atoms with van der Waals surface area (Å²) >= 11 is 1.47. The third-order valence-electron chi connectivity index (χ3n) is 5.21. The number of amides is 1. The molecule has 0 saturated heterocycles. The molecule has 0 radical (unpaired) electrons. The van der Waals surface area contributed by atoms with E-state index in [0.29, 0.717) is 17.7 Å². The number of aromatic nitrogens is 2. The van der Waals surface area contributed by atoms with E-state index in [1.165, 1.54) is 43.4 Å². The normalized spacial score (nSPS) is 15.6. The second-order valence-corrected chi connectivity index (χ2v) is 7.90. The molecule has 0 bridgehead atoms. The number of carbonyl (C=O) groups excluding carboxylic acids is 1. The van der Waals surface area contributed by atoms with E-state index in [0.717, 1.165) is 22.2 Å². The molecule has 0 spiro atoms. The molecule has 26 heavy (non-hydrogen) atoms. The molecule has 1 amide bonds. The Morgan fingerprint density at radius 3 is 2.96 bits per heavy atom. The van der Waals surface area contributed by atoms with Crippen molar-refractivity contribution < 1.29 is 4.79 Å². The number of nitrogens with zero attached hydrogens (tertiary/aromatic N) is 2. The summed E-state index contributed by atoms with van der Waals surface area (Å²) < 4.78 is 0. The summed E-state index contributed by atoms with van der Waals surface area (Å²) in [7, 11) is 2.05. The van der Waals surface area contributed by atoms with Crippen LogP contribution in [0.2, 0.25) is 0 Å². The number of anilines is 1. The summed E-state index contributed by atoms with van der Waals surface area (Å²) in [5.41, 5.74) is 3.05. The number of hydrogen-bond donors (Lipinski definition) is 2. The minimum Gasteiger partial charge on any atom is -0.360 e. The van der Waals surface area contributed by atoms with Gasteiger partial charge in [-0.15, -0.1) is 11.3 Å². The zero-order valence-corrected chi connectivity index (χ0v) is 15.8. The fourth-order valence-electron chi connectivity index (χ4n) is 3.77. The standard InChI is InChI=1S/C20H24N4OS/c1-24(14-7-3-2-4-8-14)12-19(25)23-20-22-18(13-26-20)16-11-21-17-10-6-5-9-15(16)17/h5-6,9-11,13-14,21H,2-4,7-8,12H2,1H3,(H,22,23,25). The highest BCUT2D eigenvalue weighted by Crippen LogP contribution is 2.31. The van der Waals surface area contributed by atoms with E-state index in [4.69, 9.17) is 0 Å². The number of H-pyrrole nitrogens is 1. The molecule has 2 N–H and O–H groups in total. The van der Waals surface area contributed by atoms with Crippen molar-refractivity contribution >= 4 is 33.3 Å². The third-order valence-corrected chi connectivity index (χ3v) is 5.96. The summed E-state index contributed by atoms with van der Waals surface area (Å²) in [6, 6.07) is 8.70. The van der Waals surface area contributed by atoms with Crippen LogP contribution in [0.15, 0.2) is 35.8 Å². The van der Waals surface area contributed by atoms with E-state index in [2.05, 4.69) is 39.4 Å². The van der Waals surface area contributed by atoms with Gasteiger partial charge >= 0.3 is 0 Å². The SMILES string of the molecule is CN(CC(=O)Nc1nc(-c2c[nH]c3ccccc23)cs1)C1CCCCC1. The van der Waals surface area contributed by atoms with Gasteiger partial charge in [0.25, 0.3) is 0 Å². The third kappa shape index (κ3) is 3.66. The Balaban J connectivity index is 1.41. The smallest absolute Gasteiger partial charge is 0.240 e. The highest BCUT2D eigenvalue weighted by molar-refractivity contribution is 7.14. The lowest BCUT2D eigenvalue weighted by atomic mass is 9.94. The summed E-state index contributed by atoms with van der Waals surface area (Å²) in [6.45, 7) is 0.423. The lowest BCUT2D eigenvalue weighted by Crippen LogP contribution is -2.39. The molecule has 3 aromatic rings. The number of likely N-dealkylation sites (N-methyl/N-ethyl adjacent to an activating group) is 1. The number of thiazole rings is 1. The van der Waals surface area contributed by atoms with Gasteiger partial charge in [0.2, 0.25) is 5.91 Å². The highest BCUT2D eigenvalue weighted by atomic mass is 32.1. The zero-order chi connectivity index (χ0) is 17.9. The number of carbonyl (C=O) groups is 1. The molecule has 5 nitrogen and oxygen atoms in total. The maximum Gasteiger partial charge on any atom is 0.240 e. The lowest BCUT2D eigenvalue weighted by Gasteiger charge is -2.30. The van der Waals surface area contributed by atoms with Gasteiger partial charge in [-0.3, -0.25) is 9.69 Å². The Labute approximate surface area is 157 Å². The Hall–Kier alpha value is -2.18. The maximum absolute atomic E-state index is 12.4. The van der Waals surface area contributed by atoms with E-state index in [1.807, 2.05) is 23.7 Å². The molecule has 4 rings (SSSR count). The van der Waals surface area contributed by atoms with Crippen molar-refractivity contribution in [3.8, 4) is 11.3 Å². The van der Waals surface area contributed by atoms with Crippen LogP contribution >= 0.6 is 11.3 Å². The molecule has 1 aliphatic rings. The number of rotatable bonds is 5. The van der Waals surface area contributed by atoms with Crippen LogP contribution in [0.4, 0.5) is 5.13 Å². The molecular formula is C20H24N4OS. The van der Waals surface area contributed by atoms with Crippen molar-refractivity contribution in [2.24, 2.45) is 0 Å². The number of hydrogen-bond acceptors (Lipinski definition) is 4. The lowest BCUT2D eigenvalue weighted by molar-refractivity contribution is -0.117. The topological polar surface area (TPSA) is 61.0 Å². The monoisotopic (exact) mass is 368 g/mol. The fraction of sp³-hybridized carbons (Fsp3) is 0.400. The van der Waals surface area contributed by atoms with Crippen molar-refractivity contribution in [3.05, 3.63) is 35.8 Å². The van der Waals surface area contributed by atoms with Crippen LogP contribution in [0, 0.1) is 0 Å². The van der Waals surface area contributed by atoms with E-state index < -0.39 is 0 Å². The first-order valence-corrected chi connectivity index (χ1v) is 10.1. The quantitative estimate of drug-likeness (QED) is 0.697. The van der Waals surface area contributed by atoms with E-state index in [1.54, 1.807) is 0 Å². The van der Waals surface area contributed by atoms with Crippen molar-refractivity contribution in [2.75, 3.05) is 18.9 Å². The van der Waals surface area contributed by atoms with Gasteiger partial charge in [-0.1, -0.05) is 37.5 Å². The molecule has 1 aliphatic carbocycles. The number of aromatic amines is 1. The van der Waals surface area contributed by atoms with Crippen molar-refractivity contribution in [1.82, 2.24) is 14.9 Å². The Morgan fingerprint density at radius 1 is 1.31 bits per heavy atom. The number of benzene rings is 1. The average molecular weight is 369 g/mol. The summed E-state index contributed by atoms with van der Waals surface area (Å²) in [4.78, 5) is 22.4. The first-order valence-electron chi connectivity index (χ1n) is 9.23. The van der Waals surface area contributed by atoms with Crippen molar-refractivity contribution in [3.63, 3.8) is 0 Å². The van der Waals surface area contributed by atoms with Gasteiger partial charge in [0.15, 0.2) is 5.13 Å². The van der Waals surface area contributed by atoms with Gasteiger partial charge in [-0.25, -0.2) is 4.98 Å². The number of nitrogens with one attached hydrogen (secondary N) is 2.